The van der Waals surface area contributed by atoms with Crippen LogP contribution in [0.15, 0.2) is 41.6 Å². The highest BCUT2D eigenvalue weighted by Gasteiger charge is 2.16. The summed E-state index contributed by atoms with van der Waals surface area (Å²) in [6.07, 6.45) is 0. The van der Waals surface area contributed by atoms with Gasteiger partial charge in [-0.25, -0.2) is 4.39 Å². The zero-order chi connectivity index (χ0) is 21.7. The first kappa shape index (κ1) is 21.9. The van der Waals surface area contributed by atoms with Crippen LogP contribution in [-0.4, -0.2) is 40.6 Å². The van der Waals surface area contributed by atoms with Gasteiger partial charge in [-0.1, -0.05) is 23.4 Å². The fourth-order valence-electron chi connectivity index (χ4n) is 2.77. The molecule has 0 atom stereocenters. The largest absolute Gasteiger partial charge is 0.495 e. The molecule has 7 nitrogen and oxygen atoms in total. The summed E-state index contributed by atoms with van der Waals surface area (Å²) in [5.74, 6) is 1.00. The molecule has 158 valence electrons. The molecule has 3 rings (SSSR count). The predicted molar refractivity (Wildman–Crippen MR) is 115 cm³/mol. The first-order valence-corrected chi connectivity index (χ1v) is 10.4. The number of halogens is 2. The van der Waals surface area contributed by atoms with Crippen LogP contribution < -0.4 is 14.8 Å². The molecule has 2 aromatic carbocycles. The number of thioether (sulfide) groups is 1. The number of ether oxygens (including phenoxy) is 2. The lowest BCUT2D eigenvalue weighted by Crippen LogP contribution is -2.15. The Morgan fingerprint density at radius 3 is 2.50 bits per heavy atom. The van der Waals surface area contributed by atoms with Crippen LogP contribution in [0.3, 0.4) is 0 Å². The van der Waals surface area contributed by atoms with Crippen molar-refractivity contribution in [2.75, 3.05) is 25.3 Å². The molecule has 1 amide bonds. The monoisotopic (exact) mass is 450 g/mol. The van der Waals surface area contributed by atoms with Crippen LogP contribution in [0.2, 0.25) is 5.02 Å². The summed E-state index contributed by atoms with van der Waals surface area (Å²) in [4.78, 5) is 12.5. The topological polar surface area (TPSA) is 78.3 Å². The molecule has 0 saturated carbocycles. The average Bonchev–Trinajstić information content (AvgIpc) is 3.16. The van der Waals surface area contributed by atoms with Gasteiger partial charge in [-0.05, 0) is 31.2 Å². The second-order valence-corrected chi connectivity index (χ2v) is 7.43. The molecule has 0 bridgehead atoms. The van der Waals surface area contributed by atoms with Crippen molar-refractivity contribution in [3.63, 3.8) is 0 Å². The van der Waals surface area contributed by atoms with Crippen molar-refractivity contribution in [1.29, 1.82) is 0 Å². The van der Waals surface area contributed by atoms with E-state index in [2.05, 4.69) is 15.5 Å². The summed E-state index contributed by atoms with van der Waals surface area (Å²) in [5.41, 5.74) is 1.20. The van der Waals surface area contributed by atoms with Crippen LogP contribution in [0.5, 0.6) is 11.5 Å². The second kappa shape index (κ2) is 9.82. The Labute approximate surface area is 182 Å². The minimum absolute atomic E-state index is 0.107. The van der Waals surface area contributed by atoms with Gasteiger partial charge in [0.15, 0.2) is 11.0 Å². The minimum Gasteiger partial charge on any atom is -0.495 e. The van der Waals surface area contributed by atoms with E-state index in [1.165, 1.54) is 38.1 Å². The van der Waals surface area contributed by atoms with Gasteiger partial charge < -0.3 is 19.4 Å². The maximum Gasteiger partial charge on any atom is 0.234 e. The van der Waals surface area contributed by atoms with Gasteiger partial charge in [-0.3, -0.25) is 4.79 Å². The van der Waals surface area contributed by atoms with E-state index < -0.39 is 0 Å². The minimum atomic E-state index is -0.318. The summed E-state index contributed by atoms with van der Waals surface area (Å²) in [5, 5.41) is 12.1. The van der Waals surface area contributed by atoms with E-state index in [9.17, 15) is 9.18 Å². The lowest BCUT2D eigenvalue weighted by Gasteiger charge is -2.13. The SMILES string of the molecule is CCn1c(SCC(=O)Nc2cc(OC)c(Cl)cc2OC)nnc1-c1ccc(F)cc1. The molecule has 1 N–H and O–H groups in total. The molecule has 0 fully saturated rings. The molecule has 1 heterocycles. The number of carbonyl (C=O) groups excluding carboxylic acids is 1. The molecule has 0 spiro atoms. The lowest BCUT2D eigenvalue weighted by molar-refractivity contribution is -0.113. The number of hydrogen-bond donors (Lipinski definition) is 1. The van der Waals surface area contributed by atoms with E-state index >= 15 is 0 Å². The van der Waals surface area contributed by atoms with E-state index in [-0.39, 0.29) is 17.5 Å². The first-order valence-electron chi connectivity index (χ1n) is 9.00. The van der Waals surface area contributed by atoms with Gasteiger partial charge in [0.2, 0.25) is 5.91 Å². The van der Waals surface area contributed by atoms with Crippen LogP contribution in [-0.2, 0) is 11.3 Å². The Balaban J connectivity index is 1.72. The van der Waals surface area contributed by atoms with Crippen molar-refractivity contribution in [3.05, 3.63) is 47.2 Å². The Morgan fingerprint density at radius 2 is 1.87 bits per heavy atom. The van der Waals surface area contributed by atoms with Crippen molar-refractivity contribution < 1.29 is 18.7 Å². The normalized spacial score (nSPS) is 10.7. The number of nitrogens with one attached hydrogen (secondary N) is 1. The summed E-state index contributed by atoms with van der Waals surface area (Å²) >= 11 is 7.34. The van der Waals surface area contributed by atoms with Crippen LogP contribution in [0.25, 0.3) is 11.4 Å². The quantitative estimate of drug-likeness (QED) is 0.509. The number of benzene rings is 2. The zero-order valence-electron chi connectivity index (χ0n) is 16.6. The third kappa shape index (κ3) is 4.85. The van der Waals surface area contributed by atoms with Crippen LogP contribution in [0, 0.1) is 5.82 Å². The Morgan fingerprint density at radius 1 is 1.17 bits per heavy atom. The summed E-state index contributed by atoms with van der Waals surface area (Å²) in [6.45, 7) is 2.55. The number of nitrogens with zero attached hydrogens (tertiary/aromatic N) is 3. The molecule has 3 aromatic rings. The maximum absolute atomic E-state index is 13.2. The molecule has 0 radical (unpaired) electrons. The van der Waals surface area contributed by atoms with Crippen molar-refractivity contribution >= 4 is 35.0 Å². The van der Waals surface area contributed by atoms with Gasteiger partial charge in [0.25, 0.3) is 0 Å². The van der Waals surface area contributed by atoms with E-state index in [4.69, 9.17) is 21.1 Å². The molecule has 0 unspecified atom stereocenters. The fraction of sp³-hybridized carbons (Fsp3) is 0.250. The molecular formula is C20H20ClFN4O3S. The van der Waals surface area contributed by atoms with Crippen LogP contribution in [0.4, 0.5) is 10.1 Å². The third-order valence-electron chi connectivity index (χ3n) is 4.22. The fourth-order valence-corrected chi connectivity index (χ4v) is 3.80. The zero-order valence-corrected chi connectivity index (χ0v) is 18.2. The van der Waals surface area contributed by atoms with Gasteiger partial charge >= 0.3 is 0 Å². The van der Waals surface area contributed by atoms with Crippen molar-refractivity contribution in [3.8, 4) is 22.9 Å². The number of carbonyl (C=O) groups is 1. The highest BCUT2D eigenvalue weighted by molar-refractivity contribution is 7.99. The van der Waals surface area contributed by atoms with E-state index in [0.717, 1.165) is 5.56 Å². The highest BCUT2D eigenvalue weighted by Crippen LogP contribution is 2.36. The summed E-state index contributed by atoms with van der Waals surface area (Å²) in [7, 11) is 2.98. The average molecular weight is 451 g/mol. The van der Waals surface area contributed by atoms with Gasteiger partial charge in [0.05, 0.1) is 30.7 Å². The van der Waals surface area contributed by atoms with Crippen molar-refractivity contribution in [2.24, 2.45) is 0 Å². The number of aromatic nitrogens is 3. The molecule has 0 saturated heterocycles. The number of rotatable bonds is 8. The van der Waals surface area contributed by atoms with Crippen LogP contribution in [0.1, 0.15) is 6.92 Å². The van der Waals surface area contributed by atoms with E-state index in [0.29, 0.717) is 39.7 Å². The van der Waals surface area contributed by atoms with E-state index in [1.54, 1.807) is 24.3 Å². The number of hydrogen-bond acceptors (Lipinski definition) is 6. The molecule has 0 aliphatic rings. The van der Waals surface area contributed by atoms with Gasteiger partial charge in [-0.2, -0.15) is 0 Å². The molecule has 0 aliphatic heterocycles. The first-order chi connectivity index (χ1) is 14.5. The lowest BCUT2D eigenvalue weighted by atomic mass is 10.2. The standard InChI is InChI=1S/C20H20ClFN4O3S/c1-4-26-19(12-5-7-13(22)8-6-12)24-25-20(26)30-11-18(27)23-15-10-16(28-2)14(21)9-17(15)29-3/h5-10H,4,11H2,1-3H3,(H,23,27). The van der Waals surface area contributed by atoms with Gasteiger partial charge in [0.1, 0.15) is 17.3 Å². The number of methoxy groups -OCH3 is 2. The van der Waals surface area contributed by atoms with E-state index in [1.807, 2.05) is 11.5 Å². The summed E-state index contributed by atoms with van der Waals surface area (Å²) < 4.78 is 25.5. The maximum atomic E-state index is 13.2. The van der Waals surface area contributed by atoms with Gasteiger partial charge in [-0.15, -0.1) is 10.2 Å². The van der Waals surface area contributed by atoms with Crippen LogP contribution >= 0.6 is 23.4 Å². The molecule has 30 heavy (non-hydrogen) atoms. The highest BCUT2D eigenvalue weighted by atomic mass is 35.5. The smallest absolute Gasteiger partial charge is 0.234 e. The Bertz CT molecular complexity index is 1040. The predicted octanol–water partition coefficient (Wildman–Crippen LogP) is 4.51. The Hall–Kier alpha value is -2.78. The molecule has 1 aromatic heterocycles. The Kier molecular flexibility index (Phi) is 7.17. The van der Waals surface area contributed by atoms with Gasteiger partial charge in [0, 0.05) is 24.2 Å². The third-order valence-corrected chi connectivity index (χ3v) is 5.48. The molecule has 0 aliphatic carbocycles. The van der Waals surface area contributed by atoms with Crippen molar-refractivity contribution in [2.45, 2.75) is 18.6 Å². The molecular weight excluding hydrogens is 431 g/mol. The number of amides is 1. The van der Waals surface area contributed by atoms with Crippen molar-refractivity contribution in [1.82, 2.24) is 14.8 Å². The molecule has 10 heteroatoms. The number of anilines is 1. The second-order valence-electron chi connectivity index (χ2n) is 6.08. The summed E-state index contributed by atoms with van der Waals surface area (Å²) in [6, 6.07) is 9.21.